The van der Waals surface area contributed by atoms with Crippen LogP contribution in [-0.2, 0) is 10.2 Å². The highest BCUT2D eigenvalue weighted by Gasteiger charge is 2.37. The van der Waals surface area contributed by atoms with Gasteiger partial charge in [-0.15, -0.1) is 0 Å². The van der Waals surface area contributed by atoms with Gasteiger partial charge in [-0.3, -0.25) is 4.79 Å². The Morgan fingerprint density at radius 2 is 1.82 bits per heavy atom. The molecule has 0 saturated carbocycles. The fraction of sp³-hybridized carbons (Fsp3) is 0.348. The zero-order valence-electron chi connectivity index (χ0n) is 16.6. The molecule has 1 aromatic heterocycles. The minimum Gasteiger partial charge on any atom is -0.368 e. The number of piperazine rings is 1. The molecule has 0 spiro atoms. The molecule has 0 radical (unpaired) electrons. The summed E-state index contributed by atoms with van der Waals surface area (Å²) in [5.74, 6) is -0.204. The summed E-state index contributed by atoms with van der Waals surface area (Å²) < 4.78 is 13.8. The molecule has 1 saturated heterocycles. The third-order valence-electron chi connectivity index (χ3n) is 5.79. The predicted molar refractivity (Wildman–Crippen MR) is 111 cm³/mol. The number of aromatic nitrogens is 1. The van der Waals surface area contributed by atoms with E-state index in [0.29, 0.717) is 13.1 Å². The maximum Gasteiger partial charge on any atom is 0.232 e. The maximum absolute atomic E-state index is 13.8. The highest BCUT2D eigenvalue weighted by atomic mass is 19.1. The van der Waals surface area contributed by atoms with Gasteiger partial charge in [0, 0.05) is 49.0 Å². The Labute approximate surface area is 165 Å². The van der Waals surface area contributed by atoms with Crippen LogP contribution in [0, 0.1) is 12.7 Å². The molecule has 1 aliphatic heterocycles. The van der Waals surface area contributed by atoms with Crippen LogP contribution >= 0.6 is 0 Å². The van der Waals surface area contributed by atoms with Crippen molar-refractivity contribution in [2.75, 3.05) is 31.1 Å². The summed E-state index contributed by atoms with van der Waals surface area (Å²) in [6.45, 7) is 8.95. The first-order valence-electron chi connectivity index (χ1n) is 9.74. The van der Waals surface area contributed by atoms with Gasteiger partial charge in [-0.05, 0) is 62.2 Å². The Hall–Kier alpha value is -2.82. The Morgan fingerprint density at radius 1 is 1.07 bits per heavy atom. The fourth-order valence-electron chi connectivity index (χ4n) is 4.11. The zero-order chi connectivity index (χ0) is 19.9. The zero-order valence-corrected chi connectivity index (χ0v) is 16.6. The standard InChI is InChI=1S/C23H26FN3O/c1-16-5-4-6-18(13-16)26-9-11-27(12-10-26)22(28)23(2,3)20-15-25-21-8-7-17(24)14-19(20)21/h4-8,13-15,25H,9-12H2,1-3H3. The molecule has 0 unspecified atom stereocenters. The van der Waals surface area contributed by atoms with Crippen LogP contribution in [0.15, 0.2) is 48.7 Å². The monoisotopic (exact) mass is 379 g/mol. The summed E-state index contributed by atoms with van der Waals surface area (Å²) in [5, 5.41) is 0.775. The van der Waals surface area contributed by atoms with Crippen molar-refractivity contribution in [3.8, 4) is 0 Å². The number of hydrogen-bond acceptors (Lipinski definition) is 2. The Morgan fingerprint density at radius 3 is 2.54 bits per heavy atom. The number of anilines is 1. The van der Waals surface area contributed by atoms with Crippen LogP contribution in [0.3, 0.4) is 0 Å². The van der Waals surface area contributed by atoms with Gasteiger partial charge in [-0.1, -0.05) is 12.1 Å². The lowest BCUT2D eigenvalue weighted by Crippen LogP contribution is -2.53. The maximum atomic E-state index is 13.8. The van der Waals surface area contributed by atoms with Crippen LogP contribution < -0.4 is 4.90 Å². The van der Waals surface area contributed by atoms with Gasteiger partial charge < -0.3 is 14.8 Å². The number of aryl methyl sites for hydroxylation is 1. The van der Waals surface area contributed by atoms with Gasteiger partial charge in [0.25, 0.3) is 0 Å². The van der Waals surface area contributed by atoms with E-state index >= 15 is 0 Å². The second-order valence-corrected chi connectivity index (χ2v) is 8.14. The van der Waals surface area contributed by atoms with Crippen LogP contribution in [0.1, 0.15) is 25.0 Å². The largest absolute Gasteiger partial charge is 0.368 e. The van der Waals surface area contributed by atoms with E-state index in [1.54, 1.807) is 6.07 Å². The third kappa shape index (κ3) is 3.26. The second-order valence-electron chi connectivity index (χ2n) is 8.14. The molecule has 1 amide bonds. The summed E-state index contributed by atoms with van der Waals surface area (Å²) >= 11 is 0. The van der Waals surface area contributed by atoms with E-state index in [2.05, 4.69) is 41.1 Å². The number of aromatic amines is 1. The molecule has 2 heterocycles. The lowest BCUT2D eigenvalue weighted by Gasteiger charge is -2.39. The first-order valence-corrected chi connectivity index (χ1v) is 9.74. The summed E-state index contributed by atoms with van der Waals surface area (Å²) in [7, 11) is 0. The van der Waals surface area contributed by atoms with Gasteiger partial charge in [0.05, 0.1) is 5.41 Å². The van der Waals surface area contributed by atoms with Crippen molar-refractivity contribution in [1.82, 2.24) is 9.88 Å². The SMILES string of the molecule is Cc1cccc(N2CCN(C(=O)C(C)(C)c3c[nH]c4ccc(F)cc34)CC2)c1. The minimum absolute atomic E-state index is 0.0848. The van der Waals surface area contributed by atoms with Gasteiger partial charge in [-0.25, -0.2) is 4.39 Å². The number of nitrogens with zero attached hydrogens (tertiary/aromatic N) is 2. The van der Waals surface area contributed by atoms with Crippen molar-refractivity contribution in [2.45, 2.75) is 26.2 Å². The molecule has 4 rings (SSSR count). The molecule has 3 aromatic rings. The minimum atomic E-state index is -0.725. The Bertz CT molecular complexity index is 1020. The van der Waals surface area contributed by atoms with Crippen molar-refractivity contribution in [2.24, 2.45) is 0 Å². The van der Waals surface area contributed by atoms with Gasteiger partial charge in [-0.2, -0.15) is 0 Å². The van der Waals surface area contributed by atoms with E-state index in [1.807, 2.05) is 24.9 Å². The number of rotatable bonds is 3. The first kappa shape index (κ1) is 18.5. The smallest absolute Gasteiger partial charge is 0.232 e. The fourth-order valence-corrected chi connectivity index (χ4v) is 4.11. The molecule has 4 nitrogen and oxygen atoms in total. The highest BCUT2D eigenvalue weighted by molar-refractivity contribution is 5.94. The number of H-pyrrole nitrogens is 1. The number of benzene rings is 2. The van der Waals surface area contributed by atoms with Crippen LogP contribution in [0.4, 0.5) is 10.1 Å². The first-order chi connectivity index (χ1) is 13.4. The van der Waals surface area contributed by atoms with Crippen LogP contribution in [0.25, 0.3) is 10.9 Å². The average Bonchev–Trinajstić information content (AvgIpc) is 3.11. The summed E-state index contributed by atoms with van der Waals surface area (Å²) in [5.41, 5.74) is 3.41. The van der Waals surface area contributed by atoms with E-state index in [0.717, 1.165) is 29.6 Å². The molecule has 0 atom stereocenters. The summed E-state index contributed by atoms with van der Waals surface area (Å²) in [4.78, 5) is 20.8. The summed E-state index contributed by atoms with van der Waals surface area (Å²) in [6.07, 6.45) is 1.84. The van der Waals surface area contributed by atoms with E-state index in [-0.39, 0.29) is 11.7 Å². The third-order valence-corrected chi connectivity index (χ3v) is 5.79. The average molecular weight is 379 g/mol. The second kappa shape index (κ2) is 6.97. The number of amides is 1. The number of carbonyl (C=O) groups is 1. The van der Waals surface area contributed by atoms with Gasteiger partial charge >= 0.3 is 0 Å². The van der Waals surface area contributed by atoms with Gasteiger partial charge in [0.1, 0.15) is 5.82 Å². The number of fused-ring (bicyclic) bond motifs is 1. The van der Waals surface area contributed by atoms with Crippen molar-refractivity contribution in [1.29, 1.82) is 0 Å². The molecule has 5 heteroatoms. The van der Waals surface area contributed by atoms with Crippen molar-refractivity contribution < 1.29 is 9.18 Å². The van der Waals surface area contributed by atoms with Crippen LogP contribution in [0.2, 0.25) is 0 Å². The molecular formula is C23H26FN3O. The quantitative estimate of drug-likeness (QED) is 0.739. The molecular weight excluding hydrogens is 353 g/mol. The lowest BCUT2D eigenvalue weighted by molar-refractivity contribution is -0.136. The summed E-state index contributed by atoms with van der Waals surface area (Å²) in [6, 6.07) is 13.1. The van der Waals surface area contributed by atoms with Crippen molar-refractivity contribution >= 4 is 22.5 Å². The number of halogens is 1. The van der Waals surface area contributed by atoms with Crippen LogP contribution in [-0.4, -0.2) is 42.0 Å². The van der Waals surface area contributed by atoms with Gasteiger partial charge in [0.2, 0.25) is 5.91 Å². The number of nitrogens with one attached hydrogen (secondary N) is 1. The highest BCUT2D eigenvalue weighted by Crippen LogP contribution is 2.33. The molecule has 0 bridgehead atoms. The molecule has 0 aliphatic carbocycles. The molecule has 2 aromatic carbocycles. The topological polar surface area (TPSA) is 39.3 Å². The number of carbonyl (C=O) groups excluding carboxylic acids is 1. The van der Waals surface area contributed by atoms with E-state index in [9.17, 15) is 9.18 Å². The Balaban J connectivity index is 1.52. The molecule has 146 valence electrons. The Kier molecular flexibility index (Phi) is 4.61. The lowest BCUT2D eigenvalue weighted by atomic mass is 9.82. The molecule has 1 aliphatic rings. The van der Waals surface area contributed by atoms with Gasteiger partial charge in [0.15, 0.2) is 0 Å². The molecule has 1 N–H and O–H groups in total. The van der Waals surface area contributed by atoms with E-state index < -0.39 is 5.41 Å². The predicted octanol–water partition coefficient (Wildman–Crippen LogP) is 4.24. The van der Waals surface area contributed by atoms with Crippen LogP contribution in [0.5, 0.6) is 0 Å². The van der Waals surface area contributed by atoms with Crippen molar-refractivity contribution in [3.05, 3.63) is 65.6 Å². The van der Waals surface area contributed by atoms with E-state index in [1.165, 1.54) is 23.4 Å². The van der Waals surface area contributed by atoms with E-state index in [4.69, 9.17) is 0 Å². The van der Waals surface area contributed by atoms with Crippen molar-refractivity contribution in [3.63, 3.8) is 0 Å². The number of hydrogen-bond donors (Lipinski definition) is 1. The molecule has 1 fully saturated rings. The molecule has 28 heavy (non-hydrogen) atoms. The normalized spacial score (nSPS) is 15.3.